The molecule has 102 valence electrons. The van der Waals surface area contributed by atoms with Crippen LogP contribution in [-0.2, 0) is 22.6 Å². The molecule has 0 spiro atoms. The van der Waals surface area contributed by atoms with Gasteiger partial charge in [0.1, 0.15) is 5.65 Å². The Morgan fingerprint density at radius 3 is 3.11 bits per heavy atom. The third-order valence-corrected chi connectivity index (χ3v) is 3.09. The van der Waals surface area contributed by atoms with Gasteiger partial charge in [0.15, 0.2) is 0 Å². The fourth-order valence-electron chi connectivity index (χ4n) is 2.19. The third kappa shape index (κ3) is 3.12. The van der Waals surface area contributed by atoms with Gasteiger partial charge in [-0.3, -0.25) is 4.79 Å². The average Bonchev–Trinajstić information content (AvgIpc) is 2.78. The van der Waals surface area contributed by atoms with Gasteiger partial charge in [0.2, 0.25) is 0 Å². The minimum absolute atomic E-state index is 0.167. The lowest BCUT2D eigenvalue weighted by Crippen LogP contribution is -2.05. The summed E-state index contributed by atoms with van der Waals surface area (Å²) in [4.78, 5) is 15.5. The Kier molecular flexibility index (Phi) is 4.52. The fraction of sp³-hybridized carbons (Fsp3) is 0.429. The molecule has 0 aliphatic carbocycles. The van der Waals surface area contributed by atoms with Crippen LogP contribution in [0.2, 0.25) is 0 Å². The molecule has 2 heterocycles. The van der Waals surface area contributed by atoms with E-state index in [0.717, 1.165) is 30.5 Å². The largest absolute Gasteiger partial charge is 0.469 e. The Morgan fingerprint density at radius 1 is 1.53 bits per heavy atom. The lowest BCUT2D eigenvalue weighted by Gasteiger charge is -2.03. The molecule has 0 aromatic carbocycles. The first-order valence-corrected chi connectivity index (χ1v) is 6.40. The number of nitrogens with one attached hydrogen (secondary N) is 1. The molecule has 0 aliphatic rings. The minimum atomic E-state index is -0.167. The standard InChI is InChI=1S/C14H19N3O2/c1-15-9-11-10-17(8-4-6-13(18)19-2)14-12(11)5-3-7-16-14/h3,5,7,10,15H,4,6,8-9H2,1-2H3. The van der Waals surface area contributed by atoms with Crippen LogP contribution in [0.4, 0.5) is 0 Å². The van der Waals surface area contributed by atoms with Crippen LogP contribution in [0.15, 0.2) is 24.5 Å². The van der Waals surface area contributed by atoms with Gasteiger partial charge in [0.25, 0.3) is 0 Å². The summed E-state index contributed by atoms with van der Waals surface area (Å²) < 4.78 is 6.75. The SMILES string of the molecule is CNCc1cn(CCCC(=O)OC)c2ncccc12. The normalized spacial score (nSPS) is 10.8. The molecule has 5 heteroatoms. The Balaban J connectivity index is 2.16. The quantitative estimate of drug-likeness (QED) is 0.804. The van der Waals surface area contributed by atoms with Crippen molar-refractivity contribution in [2.45, 2.75) is 25.9 Å². The predicted octanol–water partition coefficient (Wildman–Crippen LogP) is 1.71. The molecular formula is C14H19N3O2. The van der Waals surface area contributed by atoms with Crippen molar-refractivity contribution in [2.24, 2.45) is 0 Å². The fourth-order valence-corrected chi connectivity index (χ4v) is 2.19. The van der Waals surface area contributed by atoms with Gasteiger partial charge in [-0.05, 0) is 31.2 Å². The number of pyridine rings is 1. The Morgan fingerprint density at radius 2 is 2.37 bits per heavy atom. The van der Waals surface area contributed by atoms with Crippen molar-refractivity contribution >= 4 is 17.0 Å². The van der Waals surface area contributed by atoms with Gasteiger partial charge in [-0.15, -0.1) is 0 Å². The molecule has 0 atom stereocenters. The van der Waals surface area contributed by atoms with E-state index in [1.807, 2.05) is 13.1 Å². The van der Waals surface area contributed by atoms with Crippen LogP contribution < -0.4 is 5.32 Å². The number of methoxy groups -OCH3 is 1. The summed E-state index contributed by atoms with van der Waals surface area (Å²) in [5.41, 5.74) is 2.20. The summed E-state index contributed by atoms with van der Waals surface area (Å²) in [5, 5.41) is 4.32. The topological polar surface area (TPSA) is 56.2 Å². The molecule has 19 heavy (non-hydrogen) atoms. The van der Waals surface area contributed by atoms with Gasteiger partial charge >= 0.3 is 5.97 Å². The number of hydrogen-bond acceptors (Lipinski definition) is 4. The average molecular weight is 261 g/mol. The van der Waals surface area contributed by atoms with Crippen molar-refractivity contribution in [2.75, 3.05) is 14.2 Å². The molecule has 2 rings (SSSR count). The molecule has 5 nitrogen and oxygen atoms in total. The van der Waals surface area contributed by atoms with Crippen molar-refractivity contribution in [3.05, 3.63) is 30.1 Å². The molecule has 0 bridgehead atoms. The number of fused-ring (bicyclic) bond motifs is 1. The molecular weight excluding hydrogens is 242 g/mol. The number of ether oxygens (including phenoxy) is 1. The van der Waals surface area contributed by atoms with Crippen molar-refractivity contribution in [3.63, 3.8) is 0 Å². The summed E-state index contributed by atoms with van der Waals surface area (Å²) in [6, 6.07) is 4.02. The number of aromatic nitrogens is 2. The van der Waals surface area contributed by atoms with Gasteiger partial charge in [-0.1, -0.05) is 0 Å². The highest BCUT2D eigenvalue weighted by Crippen LogP contribution is 2.19. The molecule has 0 saturated carbocycles. The van der Waals surface area contributed by atoms with E-state index in [1.54, 1.807) is 6.20 Å². The van der Waals surface area contributed by atoms with Crippen LogP contribution in [-0.4, -0.2) is 29.7 Å². The van der Waals surface area contributed by atoms with Crippen LogP contribution in [0, 0.1) is 0 Å². The molecule has 0 amide bonds. The van der Waals surface area contributed by atoms with E-state index in [0.29, 0.717) is 6.42 Å². The Hall–Kier alpha value is -1.88. The molecule has 0 aliphatic heterocycles. The van der Waals surface area contributed by atoms with Crippen molar-refractivity contribution < 1.29 is 9.53 Å². The summed E-state index contributed by atoms with van der Waals surface area (Å²) in [6.07, 6.45) is 5.09. The van der Waals surface area contributed by atoms with Crippen molar-refractivity contribution in [3.8, 4) is 0 Å². The van der Waals surface area contributed by atoms with Gasteiger partial charge in [0.05, 0.1) is 7.11 Å². The van der Waals surface area contributed by atoms with E-state index in [-0.39, 0.29) is 5.97 Å². The zero-order valence-electron chi connectivity index (χ0n) is 11.3. The minimum Gasteiger partial charge on any atom is -0.469 e. The highest BCUT2D eigenvalue weighted by Gasteiger charge is 2.09. The lowest BCUT2D eigenvalue weighted by atomic mass is 10.2. The number of nitrogens with zero attached hydrogens (tertiary/aromatic N) is 2. The lowest BCUT2D eigenvalue weighted by molar-refractivity contribution is -0.140. The zero-order chi connectivity index (χ0) is 13.7. The number of esters is 1. The van der Waals surface area contributed by atoms with Gasteiger partial charge in [-0.2, -0.15) is 0 Å². The number of carbonyl (C=O) groups excluding carboxylic acids is 1. The van der Waals surface area contributed by atoms with E-state index in [2.05, 4.69) is 31.9 Å². The molecule has 2 aromatic heterocycles. The molecule has 0 saturated heterocycles. The second kappa shape index (κ2) is 6.33. The first kappa shape index (κ1) is 13.5. The Bertz CT molecular complexity index is 563. The molecule has 0 unspecified atom stereocenters. The summed E-state index contributed by atoms with van der Waals surface area (Å²) in [5.74, 6) is -0.167. The highest BCUT2D eigenvalue weighted by atomic mass is 16.5. The van der Waals surface area contributed by atoms with E-state index in [1.165, 1.54) is 12.7 Å². The second-order valence-corrected chi connectivity index (χ2v) is 4.43. The maximum atomic E-state index is 11.1. The van der Waals surface area contributed by atoms with Gasteiger partial charge < -0.3 is 14.6 Å². The molecule has 0 radical (unpaired) electrons. The van der Waals surface area contributed by atoms with Gasteiger partial charge in [-0.25, -0.2) is 4.98 Å². The summed E-state index contributed by atoms with van der Waals surface area (Å²) in [7, 11) is 3.34. The van der Waals surface area contributed by atoms with E-state index >= 15 is 0 Å². The molecule has 2 aromatic rings. The number of hydrogen-bond donors (Lipinski definition) is 1. The van der Waals surface area contributed by atoms with Crippen LogP contribution in [0.1, 0.15) is 18.4 Å². The number of rotatable bonds is 6. The molecule has 0 fully saturated rings. The number of aryl methyl sites for hydroxylation is 1. The van der Waals surface area contributed by atoms with E-state index in [4.69, 9.17) is 0 Å². The van der Waals surface area contributed by atoms with Gasteiger partial charge in [0, 0.05) is 37.3 Å². The monoisotopic (exact) mass is 261 g/mol. The zero-order valence-corrected chi connectivity index (χ0v) is 11.3. The van der Waals surface area contributed by atoms with E-state index < -0.39 is 0 Å². The van der Waals surface area contributed by atoms with E-state index in [9.17, 15) is 4.79 Å². The van der Waals surface area contributed by atoms with Crippen molar-refractivity contribution in [1.82, 2.24) is 14.9 Å². The first-order chi connectivity index (χ1) is 9.26. The second-order valence-electron chi connectivity index (χ2n) is 4.43. The smallest absolute Gasteiger partial charge is 0.305 e. The van der Waals surface area contributed by atoms with Crippen LogP contribution >= 0.6 is 0 Å². The Labute approximate surface area is 112 Å². The highest BCUT2D eigenvalue weighted by molar-refractivity contribution is 5.80. The summed E-state index contributed by atoms with van der Waals surface area (Å²) in [6.45, 7) is 1.58. The summed E-state index contributed by atoms with van der Waals surface area (Å²) >= 11 is 0. The number of carbonyl (C=O) groups is 1. The molecule has 1 N–H and O–H groups in total. The van der Waals surface area contributed by atoms with Crippen LogP contribution in [0.3, 0.4) is 0 Å². The maximum absolute atomic E-state index is 11.1. The van der Waals surface area contributed by atoms with Crippen LogP contribution in [0.5, 0.6) is 0 Å². The predicted molar refractivity (Wildman–Crippen MR) is 73.7 cm³/mol. The van der Waals surface area contributed by atoms with Crippen LogP contribution in [0.25, 0.3) is 11.0 Å². The third-order valence-electron chi connectivity index (χ3n) is 3.09. The first-order valence-electron chi connectivity index (χ1n) is 6.40. The maximum Gasteiger partial charge on any atom is 0.305 e. The van der Waals surface area contributed by atoms with Crippen molar-refractivity contribution in [1.29, 1.82) is 0 Å².